The zero-order chi connectivity index (χ0) is 22.3. The lowest BCUT2D eigenvalue weighted by Crippen LogP contribution is -2.36. The van der Waals surface area contributed by atoms with Crippen LogP contribution in [0.15, 0.2) is 84.9 Å². The van der Waals surface area contributed by atoms with Gasteiger partial charge in [-0.05, 0) is 35.2 Å². The first-order chi connectivity index (χ1) is 14.8. The van der Waals surface area contributed by atoms with Gasteiger partial charge in [0, 0.05) is 6.04 Å². The second kappa shape index (κ2) is 10.2. The quantitative estimate of drug-likeness (QED) is 0.405. The van der Waals surface area contributed by atoms with Crippen LogP contribution in [0.4, 0.5) is 0 Å². The standard InChI is InChI=1S/C24H25NO5S/c1-31(27,28)30-21-14-12-20(13-15-21)23(22(25)16-18-8-4-2-5-9-18)24(26)29-17-19-10-6-3-7-11-19/h2-15,22-23H,16-17,25H2,1H3. The highest BCUT2D eigenvalue weighted by molar-refractivity contribution is 7.86. The van der Waals surface area contributed by atoms with Gasteiger partial charge < -0.3 is 14.7 Å². The van der Waals surface area contributed by atoms with Crippen LogP contribution in [0, 0.1) is 0 Å². The van der Waals surface area contributed by atoms with Gasteiger partial charge in [0.1, 0.15) is 12.4 Å². The van der Waals surface area contributed by atoms with Gasteiger partial charge in [0.15, 0.2) is 0 Å². The highest BCUT2D eigenvalue weighted by Crippen LogP contribution is 2.26. The fourth-order valence-electron chi connectivity index (χ4n) is 3.29. The number of esters is 1. The summed E-state index contributed by atoms with van der Waals surface area (Å²) in [6.45, 7) is 0.142. The topological polar surface area (TPSA) is 95.7 Å². The van der Waals surface area contributed by atoms with Gasteiger partial charge in [0.05, 0.1) is 12.2 Å². The average Bonchev–Trinajstić information content (AvgIpc) is 2.74. The summed E-state index contributed by atoms with van der Waals surface area (Å²) in [4.78, 5) is 13.0. The van der Waals surface area contributed by atoms with E-state index in [9.17, 15) is 13.2 Å². The lowest BCUT2D eigenvalue weighted by Gasteiger charge is -2.23. The lowest BCUT2D eigenvalue weighted by molar-refractivity contribution is -0.147. The Bertz CT molecular complexity index is 1080. The van der Waals surface area contributed by atoms with Crippen LogP contribution < -0.4 is 9.92 Å². The number of hydrogen-bond donors (Lipinski definition) is 1. The maximum absolute atomic E-state index is 13.0. The van der Waals surface area contributed by atoms with Crippen molar-refractivity contribution < 1.29 is 22.1 Å². The van der Waals surface area contributed by atoms with Gasteiger partial charge in [-0.25, -0.2) is 0 Å². The normalized spacial score (nSPS) is 13.2. The third-order valence-corrected chi connectivity index (χ3v) is 5.20. The molecule has 0 aromatic heterocycles. The van der Waals surface area contributed by atoms with Crippen molar-refractivity contribution in [3.63, 3.8) is 0 Å². The van der Waals surface area contributed by atoms with Gasteiger partial charge in [-0.1, -0.05) is 72.8 Å². The number of nitrogens with two attached hydrogens (primary N) is 1. The largest absolute Gasteiger partial charge is 0.460 e. The van der Waals surface area contributed by atoms with Gasteiger partial charge in [-0.2, -0.15) is 8.42 Å². The van der Waals surface area contributed by atoms with Crippen LogP contribution in [0.25, 0.3) is 0 Å². The van der Waals surface area contributed by atoms with E-state index in [1.54, 1.807) is 12.1 Å². The van der Waals surface area contributed by atoms with Crippen LogP contribution in [0.5, 0.6) is 5.75 Å². The number of hydrogen-bond acceptors (Lipinski definition) is 6. The van der Waals surface area contributed by atoms with Crippen LogP contribution in [0.1, 0.15) is 22.6 Å². The van der Waals surface area contributed by atoms with Crippen molar-refractivity contribution in [1.82, 2.24) is 0 Å². The molecule has 0 saturated heterocycles. The van der Waals surface area contributed by atoms with Crippen LogP contribution in [-0.4, -0.2) is 26.7 Å². The SMILES string of the molecule is CS(=O)(=O)Oc1ccc(C(C(=O)OCc2ccccc2)C(N)Cc2ccccc2)cc1. The predicted octanol–water partition coefficient (Wildman–Crippen LogP) is 3.42. The molecule has 0 saturated carbocycles. The molecule has 2 atom stereocenters. The fourth-order valence-corrected chi connectivity index (χ4v) is 3.75. The first kappa shape index (κ1) is 22.5. The van der Waals surface area contributed by atoms with E-state index in [4.69, 9.17) is 14.7 Å². The zero-order valence-corrected chi connectivity index (χ0v) is 18.0. The van der Waals surface area contributed by atoms with Crippen molar-refractivity contribution in [3.8, 4) is 5.75 Å². The van der Waals surface area contributed by atoms with Gasteiger partial charge in [-0.3, -0.25) is 4.79 Å². The zero-order valence-electron chi connectivity index (χ0n) is 17.2. The molecule has 0 aliphatic carbocycles. The Hall–Kier alpha value is -3.16. The Morgan fingerprint density at radius 3 is 1.97 bits per heavy atom. The number of benzene rings is 3. The van der Waals surface area contributed by atoms with Crippen LogP contribution in [0.2, 0.25) is 0 Å². The summed E-state index contributed by atoms with van der Waals surface area (Å²) in [5.41, 5.74) is 8.98. The average molecular weight is 440 g/mol. The molecule has 3 rings (SSSR count). The van der Waals surface area contributed by atoms with Crippen molar-refractivity contribution in [2.75, 3.05) is 6.26 Å². The van der Waals surface area contributed by atoms with E-state index in [0.29, 0.717) is 12.0 Å². The van der Waals surface area contributed by atoms with Gasteiger partial charge >= 0.3 is 16.1 Å². The molecule has 0 fully saturated rings. The monoisotopic (exact) mass is 439 g/mol. The molecular weight excluding hydrogens is 414 g/mol. The Balaban J connectivity index is 1.81. The summed E-state index contributed by atoms with van der Waals surface area (Å²) < 4.78 is 33.1. The minimum absolute atomic E-state index is 0.142. The Morgan fingerprint density at radius 1 is 0.871 bits per heavy atom. The molecule has 0 heterocycles. The number of carbonyl (C=O) groups is 1. The molecule has 31 heavy (non-hydrogen) atoms. The number of carbonyl (C=O) groups excluding carboxylic acids is 1. The molecule has 162 valence electrons. The Labute approximate surface area is 182 Å². The van der Waals surface area contributed by atoms with E-state index in [2.05, 4.69) is 0 Å². The molecule has 0 aliphatic heterocycles. The van der Waals surface area contributed by atoms with Gasteiger partial charge in [0.25, 0.3) is 0 Å². The molecular formula is C24H25NO5S. The van der Waals surface area contributed by atoms with Gasteiger partial charge in [0.2, 0.25) is 0 Å². The number of rotatable bonds is 9. The highest BCUT2D eigenvalue weighted by atomic mass is 32.2. The van der Waals surface area contributed by atoms with Crippen molar-refractivity contribution >= 4 is 16.1 Å². The lowest BCUT2D eigenvalue weighted by atomic mass is 9.88. The molecule has 0 spiro atoms. The summed E-state index contributed by atoms with van der Waals surface area (Å²) in [6.07, 6.45) is 1.45. The van der Waals surface area contributed by atoms with Crippen molar-refractivity contribution in [1.29, 1.82) is 0 Å². The third-order valence-electron chi connectivity index (χ3n) is 4.71. The molecule has 0 bridgehead atoms. The fraction of sp³-hybridized carbons (Fsp3) is 0.208. The van der Waals surface area contributed by atoms with Crippen LogP contribution in [-0.2, 0) is 32.7 Å². The predicted molar refractivity (Wildman–Crippen MR) is 119 cm³/mol. The Morgan fingerprint density at radius 2 is 1.42 bits per heavy atom. The molecule has 3 aromatic carbocycles. The molecule has 0 radical (unpaired) electrons. The van der Waals surface area contributed by atoms with E-state index in [0.717, 1.165) is 17.4 Å². The highest BCUT2D eigenvalue weighted by Gasteiger charge is 2.29. The van der Waals surface area contributed by atoms with E-state index in [-0.39, 0.29) is 12.4 Å². The van der Waals surface area contributed by atoms with Gasteiger partial charge in [-0.15, -0.1) is 0 Å². The smallest absolute Gasteiger partial charge is 0.315 e. The second-order valence-corrected chi connectivity index (χ2v) is 8.86. The van der Waals surface area contributed by atoms with E-state index in [1.165, 1.54) is 12.1 Å². The summed E-state index contributed by atoms with van der Waals surface area (Å²) in [7, 11) is -3.64. The van der Waals surface area contributed by atoms with Crippen molar-refractivity contribution in [3.05, 3.63) is 102 Å². The maximum Gasteiger partial charge on any atom is 0.315 e. The van der Waals surface area contributed by atoms with E-state index < -0.39 is 28.0 Å². The molecule has 6 nitrogen and oxygen atoms in total. The third kappa shape index (κ3) is 6.94. The van der Waals surface area contributed by atoms with Crippen LogP contribution in [0.3, 0.4) is 0 Å². The molecule has 0 aliphatic rings. The van der Waals surface area contributed by atoms with Crippen molar-refractivity contribution in [2.24, 2.45) is 5.73 Å². The second-order valence-electron chi connectivity index (χ2n) is 7.28. The van der Waals surface area contributed by atoms with Crippen LogP contribution >= 0.6 is 0 Å². The minimum atomic E-state index is -3.64. The summed E-state index contributed by atoms with van der Waals surface area (Å²) in [5, 5.41) is 0. The minimum Gasteiger partial charge on any atom is -0.460 e. The van der Waals surface area contributed by atoms with Crippen molar-refractivity contribution in [2.45, 2.75) is 25.0 Å². The first-order valence-electron chi connectivity index (χ1n) is 9.81. The number of ether oxygens (including phenoxy) is 1. The van der Waals surface area contributed by atoms with E-state index in [1.807, 2.05) is 60.7 Å². The Kier molecular flexibility index (Phi) is 7.44. The molecule has 2 unspecified atom stereocenters. The maximum atomic E-state index is 13.0. The molecule has 0 amide bonds. The summed E-state index contributed by atoms with van der Waals surface area (Å²) in [6, 6.07) is 24.8. The molecule has 2 N–H and O–H groups in total. The first-order valence-corrected chi connectivity index (χ1v) is 11.6. The van der Waals surface area contributed by atoms with E-state index >= 15 is 0 Å². The molecule has 7 heteroatoms. The summed E-state index contributed by atoms with van der Waals surface area (Å²) >= 11 is 0. The summed E-state index contributed by atoms with van der Waals surface area (Å²) in [5.74, 6) is -1.00. The molecule has 3 aromatic rings.